The van der Waals surface area contributed by atoms with Gasteiger partial charge in [-0.05, 0) is 32.4 Å². The largest absolute Gasteiger partial charge is 0.398 e. The molecule has 2 heteroatoms. The standard InChI is InChI=1S/C9H13N.C3H6O.2C2H6/c1-4-7-9(10)8(5-2)6-3;1-3(2)4;2*1-2/h4-7H,1-2,10H2,3H3;1-2H3;2*1-2H3/b8-6-,9-7+;;;. The fraction of sp³-hybridized carbons (Fsp3) is 0.438. The van der Waals surface area contributed by atoms with Gasteiger partial charge in [-0.25, -0.2) is 0 Å². The van der Waals surface area contributed by atoms with Gasteiger partial charge in [-0.1, -0.05) is 59.1 Å². The van der Waals surface area contributed by atoms with Crippen LogP contribution in [0.2, 0.25) is 0 Å². The third-order valence-corrected chi connectivity index (χ3v) is 1.16. The number of rotatable bonds is 3. The lowest BCUT2D eigenvalue weighted by atomic mass is 10.2. The molecule has 0 unspecified atom stereocenters. The third kappa shape index (κ3) is 29.3. The first-order valence-electron chi connectivity index (χ1n) is 6.34. The van der Waals surface area contributed by atoms with Crippen molar-refractivity contribution < 1.29 is 4.79 Å². The molecule has 0 spiro atoms. The van der Waals surface area contributed by atoms with Crippen LogP contribution in [0.3, 0.4) is 0 Å². The second kappa shape index (κ2) is 24.6. The highest BCUT2D eigenvalue weighted by atomic mass is 16.1. The zero-order valence-corrected chi connectivity index (χ0v) is 13.2. The summed E-state index contributed by atoms with van der Waals surface area (Å²) < 4.78 is 0. The van der Waals surface area contributed by atoms with Crippen LogP contribution >= 0.6 is 0 Å². The Morgan fingerprint density at radius 2 is 1.39 bits per heavy atom. The van der Waals surface area contributed by atoms with Crippen molar-refractivity contribution in [3.8, 4) is 0 Å². The molecule has 0 radical (unpaired) electrons. The molecule has 0 heterocycles. The lowest BCUT2D eigenvalue weighted by molar-refractivity contribution is -0.114. The van der Waals surface area contributed by atoms with Gasteiger partial charge >= 0.3 is 0 Å². The van der Waals surface area contributed by atoms with Crippen molar-refractivity contribution in [2.24, 2.45) is 5.73 Å². The first-order chi connectivity index (χ1) is 8.49. The molecular formula is C16H31NO. The topological polar surface area (TPSA) is 43.1 Å². The zero-order valence-electron chi connectivity index (χ0n) is 13.2. The molecule has 0 aliphatic rings. The molecule has 0 aliphatic carbocycles. The van der Waals surface area contributed by atoms with Crippen LogP contribution in [0.4, 0.5) is 0 Å². The summed E-state index contributed by atoms with van der Waals surface area (Å²) in [5.41, 5.74) is 7.25. The number of Topliss-reactive ketones (excluding diaryl/α,β-unsaturated/α-hetero) is 1. The van der Waals surface area contributed by atoms with Gasteiger partial charge in [0.05, 0.1) is 0 Å². The Morgan fingerprint density at radius 1 is 1.06 bits per heavy atom. The average Bonchev–Trinajstić information content (AvgIpc) is 2.35. The molecule has 0 aromatic rings. The fourth-order valence-corrected chi connectivity index (χ4v) is 0.626. The number of allylic oxidation sites excluding steroid dienone is 4. The van der Waals surface area contributed by atoms with Gasteiger partial charge in [0.25, 0.3) is 0 Å². The van der Waals surface area contributed by atoms with Crippen LogP contribution in [0.1, 0.15) is 48.5 Å². The Bertz CT molecular complexity index is 256. The average molecular weight is 253 g/mol. The summed E-state index contributed by atoms with van der Waals surface area (Å²) in [6.07, 6.45) is 7.02. The van der Waals surface area contributed by atoms with E-state index in [1.807, 2.05) is 40.7 Å². The minimum absolute atomic E-state index is 0.167. The number of hydrogen-bond acceptors (Lipinski definition) is 2. The van der Waals surface area contributed by atoms with Crippen LogP contribution in [0.15, 0.2) is 48.7 Å². The fourth-order valence-electron chi connectivity index (χ4n) is 0.626. The van der Waals surface area contributed by atoms with Gasteiger partial charge in [-0.2, -0.15) is 0 Å². The normalized spacial score (nSPS) is 9.28. The lowest BCUT2D eigenvalue weighted by Gasteiger charge is -1.97. The van der Waals surface area contributed by atoms with Gasteiger partial charge in [-0.3, -0.25) is 0 Å². The van der Waals surface area contributed by atoms with Gasteiger partial charge in [0.1, 0.15) is 5.78 Å². The van der Waals surface area contributed by atoms with Crippen LogP contribution in [0.5, 0.6) is 0 Å². The van der Waals surface area contributed by atoms with Crippen LogP contribution in [0.25, 0.3) is 0 Å². The number of carbonyl (C=O) groups is 1. The van der Waals surface area contributed by atoms with Crippen molar-refractivity contribution in [1.29, 1.82) is 0 Å². The number of carbonyl (C=O) groups excluding carboxylic acids is 1. The van der Waals surface area contributed by atoms with E-state index in [1.165, 1.54) is 13.8 Å². The second-order valence-electron chi connectivity index (χ2n) is 2.71. The molecular weight excluding hydrogens is 222 g/mol. The first kappa shape index (κ1) is 25.3. The van der Waals surface area contributed by atoms with E-state index in [0.717, 1.165) is 5.57 Å². The molecule has 0 amide bonds. The number of hydrogen-bond donors (Lipinski definition) is 1. The SMILES string of the molecule is C=C/C=C(N)\C(C=C)=C/C.CC.CC.CC(C)=O. The van der Waals surface area contributed by atoms with E-state index in [4.69, 9.17) is 5.73 Å². The summed E-state index contributed by atoms with van der Waals surface area (Å²) in [7, 11) is 0. The predicted octanol–water partition coefficient (Wildman–Crippen LogP) is 4.80. The van der Waals surface area contributed by atoms with Crippen molar-refractivity contribution in [3.05, 3.63) is 48.7 Å². The van der Waals surface area contributed by atoms with Crippen molar-refractivity contribution in [2.75, 3.05) is 0 Å². The summed E-state index contributed by atoms with van der Waals surface area (Å²) in [6, 6.07) is 0. The van der Waals surface area contributed by atoms with E-state index in [1.54, 1.807) is 18.2 Å². The molecule has 0 fully saturated rings. The van der Waals surface area contributed by atoms with Crippen LogP contribution in [-0.2, 0) is 4.79 Å². The summed E-state index contributed by atoms with van der Waals surface area (Å²) in [5, 5.41) is 0. The molecule has 2 nitrogen and oxygen atoms in total. The molecule has 0 saturated carbocycles. The van der Waals surface area contributed by atoms with Gasteiger partial charge in [0, 0.05) is 5.70 Å². The Morgan fingerprint density at radius 3 is 1.56 bits per heavy atom. The third-order valence-electron chi connectivity index (χ3n) is 1.16. The maximum atomic E-state index is 9.44. The number of ketones is 1. The highest BCUT2D eigenvalue weighted by Crippen LogP contribution is 2.03. The second-order valence-corrected chi connectivity index (χ2v) is 2.71. The molecule has 0 rings (SSSR count). The Balaban J connectivity index is -0.000000102. The highest BCUT2D eigenvalue weighted by molar-refractivity contribution is 5.72. The molecule has 2 N–H and O–H groups in total. The molecule has 0 aromatic heterocycles. The number of nitrogens with two attached hydrogens (primary N) is 1. The Labute approximate surface area is 114 Å². The predicted molar refractivity (Wildman–Crippen MR) is 85.5 cm³/mol. The van der Waals surface area contributed by atoms with Crippen LogP contribution in [0, 0.1) is 0 Å². The van der Waals surface area contributed by atoms with E-state index in [-0.39, 0.29) is 5.78 Å². The molecule has 0 aliphatic heterocycles. The van der Waals surface area contributed by atoms with Gasteiger partial charge < -0.3 is 10.5 Å². The van der Waals surface area contributed by atoms with Gasteiger partial charge in [0.15, 0.2) is 0 Å². The summed E-state index contributed by atoms with van der Waals surface area (Å²) in [5.74, 6) is 0.167. The maximum absolute atomic E-state index is 9.44. The van der Waals surface area contributed by atoms with E-state index < -0.39 is 0 Å². The molecule has 0 bridgehead atoms. The lowest BCUT2D eigenvalue weighted by Crippen LogP contribution is -1.97. The molecule has 0 aromatic carbocycles. The van der Waals surface area contributed by atoms with E-state index in [9.17, 15) is 4.79 Å². The van der Waals surface area contributed by atoms with Crippen molar-refractivity contribution in [3.63, 3.8) is 0 Å². The monoisotopic (exact) mass is 253 g/mol. The maximum Gasteiger partial charge on any atom is 0.126 e. The van der Waals surface area contributed by atoms with Gasteiger partial charge in [0.2, 0.25) is 0 Å². The summed E-state index contributed by atoms with van der Waals surface area (Å²) in [6.45, 7) is 20.1. The van der Waals surface area contributed by atoms with Crippen molar-refractivity contribution in [1.82, 2.24) is 0 Å². The molecule has 106 valence electrons. The first-order valence-corrected chi connectivity index (χ1v) is 6.34. The zero-order chi connectivity index (χ0) is 15.6. The highest BCUT2D eigenvalue weighted by Gasteiger charge is 1.89. The summed E-state index contributed by atoms with van der Waals surface area (Å²) >= 11 is 0. The van der Waals surface area contributed by atoms with Crippen LogP contribution < -0.4 is 5.73 Å². The Kier molecular flexibility index (Phi) is 34.6. The molecule has 18 heavy (non-hydrogen) atoms. The minimum atomic E-state index is 0.167. The van der Waals surface area contributed by atoms with Gasteiger partial charge in [-0.15, -0.1) is 0 Å². The molecule has 0 saturated heterocycles. The van der Waals surface area contributed by atoms with E-state index in [0.29, 0.717) is 5.70 Å². The van der Waals surface area contributed by atoms with E-state index in [2.05, 4.69) is 13.2 Å². The quantitative estimate of drug-likeness (QED) is 0.734. The van der Waals surface area contributed by atoms with E-state index >= 15 is 0 Å². The molecule has 0 atom stereocenters. The smallest absolute Gasteiger partial charge is 0.126 e. The van der Waals surface area contributed by atoms with Crippen molar-refractivity contribution >= 4 is 5.78 Å². The van der Waals surface area contributed by atoms with Crippen molar-refractivity contribution in [2.45, 2.75) is 48.5 Å². The van der Waals surface area contributed by atoms with Crippen LogP contribution in [-0.4, -0.2) is 5.78 Å². The minimum Gasteiger partial charge on any atom is -0.398 e. The summed E-state index contributed by atoms with van der Waals surface area (Å²) in [4.78, 5) is 9.44. The Hall–Kier alpha value is -1.57.